The second kappa shape index (κ2) is 9.80. The SMILES string of the molecule is CCOc1ccc(N2C(=S)N[C@@H](c3ccccn3)[C@@H]2c2cccn2-c2ccc(N(C)C)cc2)cc1. The van der Waals surface area contributed by atoms with Gasteiger partial charge in [-0.1, -0.05) is 6.07 Å². The maximum absolute atomic E-state index is 5.88. The molecule has 0 radical (unpaired) electrons. The maximum Gasteiger partial charge on any atom is 0.174 e. The molecule has 1 N–H and O–H groups in total. The molecule has 1 aliphatic heterocycles. The van der Waals surface area contributed by atoms with Gasteiger partial charge in [0.25, 0.3) is 0 Å². The van der Waals surface area contributed by atoms with E-state index >= 15 is 0 Å². The molecule has 7 heteroatoms. The first-order chi connectivity index (χ1) is 17.1. The Hall–Kier alpha value is -3.84. The van der Waals surface area contributed by atoms with Crippen molar-refractivity contribution in [3.63, 3.8) is 0 Å². The van der Waals surface area contributed by atoms with E-state index in [9.17, 15) is 0 Å². The van der Waals surface area contributed by atoms with Crippen molar-refractivity contribution in [3.8, 4) is 11.4 Å². The van der Waals surface area contributed by atoms with Crippen LogP contribution < -0.4 is 19.9 Å². The van der Waals surface area contributed by atoms with Crippen molar-refractivity contribution < 1.29 is 4.74 Å². The summed E-state index contributed by atoms with van der Waals surface area (Å²) >= 11 is 5.88. The topological polar surface area (TPSA) is 45.6 Å². The standard InChI is InChI=1S/C28H29N5OS/c1-4-34-23-16-14-22(15-17-23)33-27(26(30-28(33)35)24-8-5-6-18-29-24)25-9-7-19-32(25)21-12-10-20(11-13-21)31(2)3/h5-19,26-27H,4H2,1-3H3,(H,30,35)/t26-,27-/m0/s1. The average molecular weight is 484 g/mol. The van der Waals surface area contributed by atoms with Crippen molar-refractivity contribution in [2.45, 2.75) is 19.0 Å². The van der Waals surface area contributed by atoms with Gasteiger partial charge >= 0.3 is 0 Å². The molecule has 1 aliphatic rings. The Bertz CT molecular complexity index is 1290. The Kier molecular flexibility index (Phi) is 6.42. The van der Waals surface area contributed by atoms with Crippen LogP contribution in [0.15, 0.2) is 91.3 Å². The minimum Gasteiger partial charge on any atom is -0.494 e. The number of benzene rings is 2. The van der Waals surface area contributed by atoms with Gasteiger partial charge in [0.1, 0.15) is 11.8 Å². The highest BCUT2D eigenvalue weighted by Gasteiger charge is 2.42. The molecule has 6 nitrogen and oxygen atoms in total. The summed E-state index contributed by atoms with van der Waals surface area (Å²) in [6, 6.07) is 26.7. The third kappa shape index (κ3) is 4.47. The van der Waals surface area contributed by atoms with Gasteiger partial charge in [-0.25, -0.2) is 0 Å². The normalized spacial score (nSPS) is 17.3. The molecule has 3 heterocycles. The van der Waals surface area contributed by atoms with E-state index in [1.54, 1.807) is 0 Å². The number of hydrogen-bond acceptors (Lipinski definition) is 4. The van der Waals surface area contributed by atoms with E-state index in [1.807, 2.05) is 57.5 Å². The van der Waals surface area contributed by atoms with Crippen molar-refractivity contribution in [3.05, 3.63) is 103 Å². The summed E-state index contributed by atoms with van der Waals surface area (Å²) < 4.78 is 7.89. The highest BCUT2D eigenvalue weighted by atomic mass is 32.1. The summed E-state index contributed by atoms with van der Waals surface area (Å²) in [4.78, 5) is 8.96. The van der Waals surface area contributed by atoms with E-state index in [0.29, 0.717) is 11.7 Å². The van der Waals surface area contributed by atoms with Gasteiger partial charge in [-0.15, -0.1) is 0 Å². The molecule has 2 atom stereocenters. The third-order valence-electron chi connectivity index (χ3n) is 6.25. The molecule has 0 aliphatic carbocycles. The molecule has 0 amide bonds. The van der Waals surface area contributed by atoms with Crippen LogP contribution >= 0.6 is 12.2 Å². The summed E-state index contributed by atoms with van der Waals surface area (Å²) in [5, 5.41) is 4.21. The zero-order valence-electron chi connectivity index (χ0n) is 20.1. The van der Waals surface area contributed by atoms with E-state index in [-0.39, 0.29) is 12.1 Å². The van der Waals surface area contributed by atoms with Gasteiger partial charge in [0.2, 0.25) is 0 Å². The van der Waals surface area contributed by atoms with Crippen LogP contribution in [0.1, 0.15) is 30.4 Å². The van der Waals surface area contributed by atoms with E-state index in [1.165, 1.54) is 0 Å². The van der Waals surface area contributed by atoms with Gasteiger partial charge < -0.3 is 24.4 Å². The van der Waals surface area contributed by atoms with Crippen molar-refractivity contribution in [2.75, 3.05) is 30.5 Å². The summed E-state index contributed by atoms with van der Waals surface area (Å²) in [6.07, 6.45) is 3.93. The Balaban J connectivity index is 1.60. The van der Waals surface area contributed by atoms with Crippen LogP contribution in [-0.2, 0) is 0 Å². The zero-order valence-corrected chi connectivity index (χ0v) is 20.9. The molecular formula is C28H29N5OS. The molecule has 0 spiro atoms. The number of ether oxygens (including phenoxy) is 1. The van der Waals surface area contributed by atoms with E-state index < -0.39 is 0 Å². The van der Waals surface area contributed by atoms with Gasteiger partial charge in [0.15, 0.2) is 5.11 Å². The number of aromatic nitrogens is 2. The molecule has 178 valence electrons. The molecule has 5 rings (SSSR count). The number of rotatable bonds is 7. The Morgan fingerprint density at radius 3 is 2.34 bits per heavy atom. The smallest absolute Gasteiger partial charge is 0.174 e. The minimum atomic E-state index is -0.107. The fraction of sp³-hybridized carbons (Fsp3) is 0.214. The van der Waals surface area contributed by atoms with Crippen LogP contribution in [0.2, 0.25) is 0 Å². The minimum absolute atomic E-state index is 0.0983. The summed E-state index contributed by atoms with van der Waals surface area (Å²) in [5.74, 6) is 0.844. The Morgan fingerprint density at radius 2 is 1.69 bits per heavy atom. The molecule has 1 fully saturated rings. The molecule has 1 saturated heterocycles. The van der Waals surface area contributed by atoms with Crippen molar-refractivity contribution in [1.82, 2.24) is 14.9 Å². The summed E-state index contributed by atoms with van der Waals surface area (Å²) in [7, 11) is 4.10. The van der Waals surface area contributed by atoms with Crippen LogP contribution in [0.5, 0.6) is 5.75 Å². The quantitative estimate of drug-likeness (QED) is 0.350. The van der Waals surface area contributed by atoms with Crippen LogP contribution in [0.25, 0.3) is 5.69 Å². The molecular weight excluding hydrogens is 454 g/mol. The van der Waals surface area contributed by atoms with Crippen molar-refractivity contribution in [2.24, 2.45) is 0 Å². The van der Waals surface area contributed by atoms with E-state index in [4.69, 9.17) is 17.0 Å². The number of hydrogen-bond donors (Lipinski definition) is 1. The average Bonchev–Trinajstić information content (AvgIpc) is 3.50. The molecule has 2 aromatic carbocycles. The van der Waals surface area contributed by atoms with Gasteiger partial charge in [-0.05, 0) is 91.9 Å². The molecule has 4 aromatic rings. The number of anilines is 2. The zero-order chi connectivity index (χ0) is 24.4. The molecule has 0 saturated carbocycles. The summed E-state index contributed by atoms with van der Waals surface area (Å²) in [5.41, 5.74) is 5.34. The number of pyridine rings is 1. The van der Waals surface area contributed by atoms with Gasteiger partial charge in [-0.3, -0.25) is 4.98 Å². The molecule has 0 bridgehead atoms. The number of nitrogens with one attached hydrogen (secondary N) is 1. The van der Waals surface area contributed by atoms with Crippen molar-refractivity contribution in [1.29, 1.82) is 0 Å². The lowest BCUT2D eigenvalue weighted by Gasteiger charge is -2.29. The second-order valence-electron chi connectivity index (χ2n) is 8.64. The van der Waals surface area contributed by atoms with E-state index in [0.717, 1.165) is 34.2 Å². The predicted octanol–water partition coefficient (Wildman–Crippen LogP) is 5.51. The fourth-order valence-electron chi connectivity index (χ4n) is 4.58. The molecule has 0 unspecified atom stereocenters. The lowest BCUT2D eigenvalue weighted by molar-refractivity contribution is 0.340. The van der Waals surface area contributed by atoms with Crippen LogP contribution in [0.4, 0.5) is 11.4 Å². The van der Waals surface area contributed by atoms with Crippen LogP contribution in [-0.4, -0.2) is 35.4 Å². The number of nitrogens with zero attached hydrogens (tertiary/aromatic N) is 4. The Labute approximate surface area is 211 Å². The lowest BCUT2D eigenvalue weighted by Crippen LogP contribution is -2.30. The predicted molar refractivity (Wildman–Crippen MR) is 146 cm³/mol. The van der Waals surface area contributed by atoms with Crippen LogP contribution in [0.3, 0.4) is 0 Å². The second-order valence-corrected chi connectivity index (χ2v) is 9.02. The van der Waals surface area contributed by atoms with Gasteiger partial charge in [-0.2, -0.15) is 0 Å². The van der Waals surface area contributed by atoms with Crippen molar-refractivity contribution >= 4 is 28.7 Å². The maximum atomic E-state index is 5.88. The molecule has 35 heavy (non-hydrogen) atoms. The lowest BCUT2D eigenvalue weighted by atomic mass is 10.0. The largest absolute Gasteiger partial charge is 0.494 e. The first-order valence-corrected chi connectivity index (χ1v) is 12.2. The van der Waals surface area contributed by atoms with Gasteiger partial charge in [0.05, 0.1) is 18.3 Å². The number of thiocarbonyl (C=S) groups is 1. The van der Waals surface area contributed by atoms with E-state index in [2.05, 4.69) is 79.4 Å². The highest BCUT2D eigenvalue weighted by molar-refractivity contribution is 7.80. The highest BCUT2D eigenvalue weighted by Crippen LogP contribution is 2.42. The first-order valence-electron chi connectivity index (χ1n) is 11.8. The third-order valence-corrected chi connectivity index (χ3v) is 6.57. The Morgan fingerprint density at radius 1 is 0.943 bits per heavy atom. The molecule has 2 aromatic heterocycles. The first kappa shape index (κ1) is 22.9. The monoisotopic (exact) mass is 483 g/mol. The van der Waals surface area contributed by atoms with Crippen LogP contribution in [0, 0.1) is 0 Å². The fourth-order valence-corrected chi connectivity index (χ4v) is 4.93. The van der Waals surface area contributed by atoms with Gasteiger partial charge in [0, 0.05) is 49.2 Å². The summed E-state index contributed by atoms with van der Waals surface area (Å²) in [6.45, 7) is 2.62.